The summed E-state index contributed by atoms with van der Waals surface area (Å²) >= 11 is 1.18. The Morgan fingerprint density at radius 1 is 1.47 bits per heavy atom. The predicted octanol–water partition coefficient (Wildman–Crippen LogP) is 2.39. The molecule has 0 aliphatic rings. The van der Waals surface area contributed by atoms with Gasteiger partial charge in [0.1, 0.15) is 0 Å². The number of aliphatic carboxylic acids is 1. The summed E-state index contributed by atoms with van der Waals surface area (Å²) in [5.41, 5.74) is 0.673. The molecule has 2 N–H and O–H groups in total. The molecule has 0 atom stereocenters. The summed E-state index contributed by atoms with van der Waals surface area (Å²) in [6.45, 7) is 1.75. The van der Waals surface area contributed by atoms with Crippen molar-refractivity contribution in [2.24, 2.45) is 0 Å². The SMILES string of the molecule is Cc1cc(NC(=O)c2ccc(C=CC(=O)O)s2)on1. The zero-order valence-corrected chi connectivity index (χ0v) is 10.7. The van der Waals surface area contributed by atoms with Crippen LogP contribution < -0.4 is 5.32 Å². The smallest absolute Gasteiger partial charge is 0.328 e. The van der Waals surface area contributed by atoms with Crippen molar-refractivity contribution in [2.45, 2.75) is 6.92 Å². The molecular weight excluding hydrogens is 268 g/mol. The van der Waals surface area contributed by atoms with Crippen LogP contribution in [-0.4, -0.2) is 22.1 Å². The fourth-order valence-corrected chi connectivity index (χ4v) is 2.12. The molecule has 0 radical (unpaired) electrons. The van der Waals surface area contributed by atoms with Gasteiger partial charge in [-0.2, -0.15) is 0 Å². The molecule has 0 aliphatic heterocycles. The van der Waals surface area contributed by atoms with Crippen LogP contribution in [0, 0.1) is 6.92 Å². The third-order valence-electron chi connectivity index (χ3n) is 2.11. The number of hydrogen-bond donors (Lipinski definition) is 2. The van der Waals surface area contributed by atoms with Crippen LogP contribution in [0.4, 0.5) is 5.88 Å². The van der Waals surface area contributed by atoms with Crippen molar-refractivity contribution in [1.29, 1.82) is 0 Å². The molecule has 2 rings (SSSR count). The Morgan fingerprint density at radius 3 is 2.89 bits per heavy atom. The molecule has 6 nitrogen and oxygen atoms in total. The van der Waals surface area contributed by atoms with Crippen LogP contribution in [0.3, 0.4) is 0 Å². The maximum Gasteiger partial charge on any atom is 0.328 e. The largest absolute Gasteiger partial charge is 0.478 e. The number of carboxylic acids is 1. The minimum atomic E-state index is -1.03. The second-order valence-corrected chi connectivity index (χ2v) is 4.78. The Kier molecular flexibility index (Phi) is 3.76. The van der Waals surface area contributed by atoms with Gasteiger partial charge in [-0.25, -0.2) is 4.79 Å². The number of carbonyl (C=O) groups excluding carboxylic acids is 1. The van der Waals surface area contributed by atoms with Crippen molar-refractivity contribution in [2.75, 3.05) is 5.32 Å². The molecule has 0 bridgehead atoms. The first kappa shape index (κ1) is 13.0. The number of thiophene rings is 1. The average molecular weight is 278 g/mol. The van der Waals surface area contributed by atoms with Gasteiger partial charge in [0.05, 0.1) is 10.6 Å². The number of carbonyl (C=O) groups is 2. The Morgan fingerprint density at radius 2 is 2.26 bits per heavy atom. The summed E-state index contributed by atoms with van der Waals surface area (Å²) in [6, 6.07) is 4.89. The van der Waals surface area contributed by atoms with Gasteiger partial charge in [-0.3, -0.25) is 10.1 Å². The number of nitrogens with zero attached hydrogens (tertiary/aromatic N) is 1. The molecule has 2 heterocycles. The zero-order valence-electron chi connectivity index (χ0n) is 9.91. The number of aryl methyl sites for hydroxylation is 1. The highest BCUT2D eigenvalue weighted by atomic mass is 32.1. The molecule has 0 aliphatic carbocycles. The molecule has 1 amide bonds. The maximum atomic E-state index is 11.8. The first-order chi connectivity index (χ1) is 9.04. The van der Waals surface area contributed by atoms with E-state index in [9.17, 15) is 9.59 Å². The van der Waals surface area contributed by atoms with Crippen LogP contribution in [0.1, 0.15) is 20.2 Å². The summed E-state index contributed by atoms with van der Waals surface area (Å²) < 4.78 is 4.87. The van der Waals surface area contributed by atoms with Crippen LogP contribution in [0.15, 0.2) is 28.8 Å². The molecule has 2 aromatic rings. The lowest BCUT2D eigenvalue weighted by Gasteiger charge is -1.96. The predicted molar refractivity (Wildman–Crippen MR) is 70.2 cm³/mol. The van der Waals surface area contributed by atoms with Gasteiger partial charge in [-0.1, -0.05) is 5.16 Å². The standard InChI is InChI=1S/C12H10N2O4S/c1-7-6-10(18-14-7)13-12(17)9-4-2-8(19-9)3-5-11(15)16/h2-6H,1H3,(H,13,17)(H,15,16). The molecule has 0 saturated carbocycles. The van der Waals surface area contributed by atoms with E-state index in [2.05, 4.69) is 10.5 Å². The summed E-state index contributed by atoms with van der Waals surface area (Å²) in [5, 5.41) is 14.7. The summed E-state index contributed by atoms with van der Waals surface area (Å²) in [4.78, 5) is 23.4. The third kappa shape index (κ3) is 3.52. The number of nitrogens with one attached hydrogen (secondary N) is 1. The lowest BCUT2D eigenvalue weighted by molar-refractivity contribution is -0.131. The normalized spacial score (nSPS) is 10.8. The molecule has 0 fully saturated rings. The van der Waals surface area contributed by atoms with E-state index in [1.54, 1.807) is 25.1 Å². The van der Waals surface area contributed by atoms with Crippen molar-refractivity contribution < 1.29 is 19.2 Å². The second kappa shape index (κ2) is 5.49. The van der Waals surface area contributed by atoms with E-state index in [-0.39, 0.29) is 11.8 Å². The Labute approximate surface area is 112 Å². The molecule has 0 aromatic carbocycles. The molecule has 0 unspecified atom stereocenters. The van der Waals surface area contributed by atoms with Gasteiger partial charge in [0.15, 0.2) is 0 Å². The highest BCUT2D eigenvalue weighted by Crippen LogP contribution is 2.19. The number of hydrogen-bond acceptors (Lipinski definition) is 5. The first-order valence-corrected chi connectivity index (χ1v) is 6.12. The fourth-order valence-electron chi connectivity index (χ4n) is 1.31. The van der Waals surface area contributed by atoms with Crippen molar-refractivity contribution in [3.8, 4) is 0 Å². The average Bonchev–Trinajstić information content (AvgIpc) is 2.95. The van der Waals surface area contributed by atoms with E-state index in [0.717, 1.165) is 6.08 Å². The minimum absolute atomic E-state index is 0.276. The van der Waals surface area contributed by atoms with Gasteiger partial charge >= 0.3 is 5.97 Å². The summed E-state index contributed by atoms with van der Waals surface area (Å²) in [6.07, 6.45) is 2.45. The maximum absolute atomic E-state index is 11.8. The van der Waals surface area contributed by atoms with Crippen molar-refractivity contribution >= 4 is 35.2 Å². The van der Waals surface area contributed by atoms with Crippen molar-refractivity contribution in [1.82, 2.24) is 5.16 Å². The number of rotatable bonds is 4. The Hall–Kier alpha value is -2.41. The molecule has 0 saturated heterocycles. The van der Waals surface area contributed by atoms with E-state index >= 15 is 0 Å². The number of anilines is 1. The van der Waals surface area contributed by atoms with Crippen molar-refractivity contribution in [3.05, 3.63) is 39.7 Å². The van der Waals surface area contributed by atoms with E-state index in [0.29, 0.717) is 15.4 Å². The van der Waals surface area contributed by atoms with Crippen molar-refractivity contribution in [3.63, 3.8) is 0 Å². The van der Waals surface area contributed by atoms with Crippen LogP contribution in [0.25, 0.3) is 6.08 Å². The van der Waals surface area contributed by atoms with Crippen LogP contribution in [0.5, 0.6) is 0 Å². The lowest BCUT2D eigenvalue weighted by Crippen LogP contribution is -2.09. The number of aromatic nitrogens is 1. The van der Waals surface area contributed by atoms with Crippen LogP contribution >= 0.6 is 11.3 Å². The van der Waals surface area contributed by atoms with Gasteiger partial charge in [0.2, 0.25) is 5.88 Å². The molecule has 98 valence electrons. The van der Waals surface area contributed by atoms with Crippen LogP contribution in [0.2, 0.25) is 0 Å². The lowest BCUT2D eigenvalue weighted by atomic mass is 10.4. The first-order valence-electron chi connectivity index (χ1n) is 5.30. The quantitative estimate of drug-likeness (QED) is 0.838. The number of amides is 1. The highest BCUT2D eigenvalue weighted by Gasteiger charge is 2.11. The topological polar surface area (TPSA) is 92.4 Å². The van der Waals surface area contributed by atoms with Crippen LogP contribution in [-0.2, 0) is 4.79 Å². The molecular formula is C12H10N2O4S. The Balaban J connectivity index is 2.06. The van der Waals surface area contributed by atoms with Gasteiger partial charge < -0.3 is 9.63 Å². The molecule has 19 heavy (non-hydrogen) atoms. The van der Waals surface area contributed by atoms with E-state index in [4.69, 9.17) is 9.63 Å². The zero-order chi connectivity index (χ0) is 13.8. The summed E-state index contributed by atoms with van der Waals surface area (Å²) in [5.74, 6) is -1.08. The van der Waals surface area contributed by atoms with E-state index < -0.39 is 5.97 Å². The molecule has 2 aromatic heterocycles. The van der Waals surface area contributed by atoms with Gasteiger partial charge in [0, 0.05) is 17.0 Å². The minimum Gasteiger partial charge on any atom is -0.478 e. The third-order valence-corrected chi connectivity index (χ3v) is 3.15. The summed E-state index contributed by atoms with van der Waals surface area (Å²) in [7, 11) is 0. The fraction of sp³-hybridized carbons (Fsp3) is 0.0833. The molecule has 0 spiro atoms. The second-order valence-electron chi connectivity index (χ2n) is 3.66. The number of carboxylic acid groups (broad SMARTS) is 1. The van der Waals surface area contributed by atoms with Gasteiger partial charge in [-0.15, -0.1) is 11.3 Å². The Bertz CT molecular complexity index is 642. The van der Waals surface area contributed by atoms with Gasteiger partial charge in [-0.05, 0) is 25.1 Å². The van der Waals surface area contributed by atoms with E-state index in [1.807, 2.05) is 0 Å². The van der Waals surface area contributed by atoms with Gasteiger partial charge in [0.25, 0.3) is 5.91 Å². The highest BCUT2D eigenvalue weighted by molar-refractivity contribution is 7.15. The van der Waals surface area contributed by atoms with E-state index in [1.165, 1.54) is 17.4 Å². The monoisotopic (exact) mass is 278 g/mol. The molecule has 7 heteroatoms.